The van der Waals surface area contributed by atoms with Gasteiger partial charge in [0, 0.05) is 18.9 Å². The maximum Gasteiger partial charge on any atom is 0.416 e. The summed E-state index contributed by atoms with van der Waals surface area (Å²) >= 11 is 0. The van der Waals surface area contributed by atoms with E-state index in [1.165, 1.54) is 19.1 Å². The molecule has 0 saturated carbocycles. The molecule has 1 rings (SSSR count). The highest BCUT2D eigenvalue weighted by Gasteiger charge is 2.30. The quantitative estimate of drug-likeness (QED) is 0.464. The lowest BCUT2D eigenvalue weighted by atomic mass is 10.1. The molecule has 0 N–H and O–H groups in total. The van der Waals surface area contributed by atoms with E-state index in [0.29, 0.717) is 12.0 Å². The first-order chi connectivity index (χ1) is 9.84. The SMILES string of the molecule is CCCCC#CC(OC(C)=O)c1ccc(C(F)(F)F)cc1. The molecule has 0 aliphatic heterocycles. The Morgan fingerprint density at radius 1 is 1.29 bits per heavy atom. The van der Waals surface area contributed by atoms with Gasteiger partial charge in [0.25, 0.3) is 0 Å². The van der Waals surface area contributed by atoms with E-state index < -0.39 is 23.8 Å². The first-order valence-electron chi connectivity index (χ1n) is 6.67. The Hall–Kier alpha value is -1.96. The third-order valence-corrected chi connectivity index (χ3v) is 2.71. The number of halogens is 3. The second-order valence-electron chi connectivity index (χ2n) is 4.53. The van der Waals surface area contributed by atoms with Crippen molar-refractivity contribution in [3.63, 3.8) is 0 Å². The minimum absolute atomic E-state index is 0.433. The molecular formula is C16H17F3O2. The first-order valence-corrected chi connectivity index (χ1v) is 6.67. The minimum atomic E-state index is -4.39. The van der Waals surface area contributed by atoms with Gasteiger partial charge in [-0.2, -0.15) is 13.2 Å². The third-order valence-electron chi connectivity index (χ3n) is 2.71. The summed E-state index contributed by atoms with van der Waals surface area (Å²) in [7, 11) is 0. The molecule has 1 aromatic carbocycles. The molecule has 0 heterocycles. The summed E-state index contributed by atoms with van der Waals surface area (Å²) in [5.74, 6) is 5.15. The fourth-order valence-electron chi connectivity index (χ4n) is 1.62. The van der Waals surface area contributed by atoms with Crippen LogP contribution >= 0.6 is 0 Å². The molecule has 0 aliphatic rings. The second kappa shape index (κ2) is 7.72. The fraction of sp³-hybridized carbons (Fsp3) is 0.438. The Morgan fingerprint density at radius 3 is 2.38 bits per heavy atom. The minimum Gasteiger partial charge on any atom is -0.444 e. The van der Waals surface area contributed by atoms with Crippen LogP contribution in [-0.2, 0) is 15.7 Å². The van der Waals surface area contributed by atoms with Crippen LogP contribution in [0.2, 0.25) is 0 Å². The third kappa shape index (κ3) is 5.90. The van der Waals surface area contributed by atoms with Crippen LogP contribution in [0.1, 0.15) is 50.3 Å². The van der Waals surface area contributed by atoms with Gasteiger partial charge >= 0.3 is 12.1 Å². The molecule has 0 amide bonds. The zero-order chi connectivity index (χ0) is 15.9. The van der Waals surface area contributed by atoms with E-state index in [-0.39, 0.29) is 0 Å². The van der Waals surface area contributed by atoms with Crippen LogP contribution in [-0.4, -0.2) is 5.97 Å². The number of rotatable bonds is 4. The first kappa shape index (κ1) is 17.1. The van der Waals surface area contributed by atoms with Crippen LogP contribution in [0, 0.1) is 11.8 Å². The van der Waals surface area contributed by atoms with Crippen molar-refractivity contribution in [2.24, 2.45) is 0 Å². The standard InChI is InChI=1S/C16H17F3O2/c1-3-4-5-6-7-15(21-12(2)20)13-8-10-14(11-9-13)16(17,18)19/h8-11,15H,3-5H2,1-2H3. The average Bonchev–Trinajstić information content (AvgIpc) is 2.41. The Kier molecular flexibility index (Phi) is 6.29. The lowest BCUT2D eigenvalue weighted by Crippen LogP contribution is -2.08. The molecule has 0 fully saturated rings. The highest BCUT2D eigenvalue weighted by Crippen LogP contribution is 2.30. The molecule has 2 nitrogen and oxygen atoms in total. The highest BCUT2D eigenvalue weighted by atomic mass is 19.4. The number of carbonyl (C=O) groups is 1. The van der Waals surface area contributed by atoms with Crippen molar-refractivity contribution < 1.29 is 22.7 Å². The predicted octanol–water partition coefficient (Wildman–Crippen LogP) is 4.50. The van der Waals surface area contributed by atoms with Gasteiger partial charge < -0.3 is 4.74 Å². The molecule has 21 heavy (non-hydrogen) atoms. The molecule has 0 saturated heterocycles. The molecule has 0 aromatic heterocycles. The van der Waals surface area contributed by atoms with Crippen LogP contribution in [0.4, 0.5) is 13.2 Å². The zero-order valence-corrected chi connectivity index (χ0v) is 12.0. The van der Waals surface area contributed by atoms with E-state index in [1.807, 2.05) is 6.92 Å². The summed E-state index contributed by atoms with van der Waals surface area (Å²) in [5, 5.41) is 0. The van der Waals surface area contributed by atoms with Gasteiger partial charge in [0.1, 0.15) is 0 Å². The number of hydrogen-bond donors (Lipinski definition) is 0. The number of ether oxygens (including phenoxy) is 1. The van der Waals surface area contributed by atoms with Crippen molar-refractivity contribution >= 4 is 5.97 Å². The number of carbonyl (C=O) groups excluding carboxylic acids is 1. The molecule has 0 radical (unpaired) electrons. The van der Waals surface area contributed by atoms with Crippen molar-refractivity contribution in [3.05, 3.63) is 35.4 Å². The highest BCUT2D eigenvalue weighted by molar-refractivity contribution is 5.66. The largest absolute Gasteiger partial charge is 0.444 e. The predicted molar refractivity (Wildman–Crippen MR) is 73.3 cm³/mol. The maximum absolute atomic E-state index is 12.5. The molecule has 114 valence electrons. The molecule has 0 aliphatic carbocycles. The van der Waals surface area contributed by atoms with Gasteiger partial charge in [-0.05, 0) is 18.6 Å². The summed E-state index contributed by atoms with van der Waals surface area (Å²) in [6, 6.07) is 4.48. The van der Waals surface area contributed by atoms with Crippen molar-refractivity contribution in [2.45, 2.75) is 45.4 Å². The Balaban J connectivity index is 2.91. The fourth-order valence-corrected chi connectivity index (χ4v) is 1.62. The lowest BCUT2D eigenvalue weighted by molar-refractivity contribution is -0.144. The van der Waals surface area contributed by atoms with Gasteiger partial charge in [0.15, 0.2) is 6.10 Å². The van der Waals surface area contributed by atoms with Crippen molar-refractivity contribution in [2.75, 3.05) is 0 Å². The van der Waals surface area contributed by atoms with Gasteiger partial charge in [-0.3, -0.25) is 4.79 Å². The molecule has 5 heteroatoms. The Bertz CT molecular complexity index is 521. The molecular weight excluding hydrogens is 281 g/mol. The Labute approximate surface area is 122 Å². The summed E-state index contributed by atoms with van der Waals surface area (Å²) < 4.78 is 42.6. The van der Waals surface area contributed by atoms with Crippen LogP contribution in [0.15, 0.2) is 24.3 Å². The smallest absolute Gasteiger partial charge is 0.416 e. The summed E-state index contributed by atoms with van der Waals surface area (Å²) in [5.41, 5.74) is -0.311. The van der Waals surface area contributed by atoms with Gasteiger partial charge in [-0.25, -0.2) is 0 Å². The summed E-state index contributed by atoms with van der Waals surface area (Å²) in [6.07, 6.45) is -2.64. The van der Waals surface area contributed by atoms with Gasteiger partial charge in [-0.15, -0.1) is 0 Å². The maximum atomic E-state index is 12.5. The topological polar surface area (TPSA) is 26.3 Å². The zero-order valence-electron chi connectivity index (χ0n) is 12.0. The normalized spacial score (nSPS) is 12.2. The van der Waals surface area contributed by atoms with Crippen LogP contribution in [0.25, 0.3) is 0 Å². The Morgan fingerprint density at radius 2 is 1.90 bits per heavy atom. The van der Waals surface area contributed by atoms with Crippen LogP contribution < -0.4 is 0 Å². The molecule has 1 atom stereocenters. The van der Waals surface area contributed by atoms with E-state index in [2.05, 4.69) is 11.8 Å². The van der Waals surface area contributed by atoms with Crippen molar-refractivity contribution in [3.8, 4) is 11.8 Å². The summed E-state index contributed by atoms with van der Waals surface area (Å²) in [4.78, 5) is 11.1. The number of unbranched alkanes of at least 4 members (excludes halogenated alkanes) is 2. The number of hydrogen-bond acceptors (Lipinski definition) is 2. The summed E-state index contributed by atoms with van der Waals surface area (Å²) in [6.45, 7) is 3.27. The van der Waals surface area contributed by atoms with Crippen LogP contribution in [0.5, 0.6) is 0 Å². The number of alkyl halides is 3. The van der Waals surface area contributed by atoms with E-state index >= 15 is 0 Å². The molecule has 0 bridgehead atoms. The van der Waals surface area contributed by atoms with Gasteiger partial charge in [-0.1, -0.05) is 37.3 Å². The average molecular weight is 298 g/mol. The van der Waals surface area contributed by atoms with Crippen molar-refractivity contribution in [1.82, 2.24) is 0 Å². The van der Waals surface area contributed by atoms with Crippen molar-refractivity contribution in [1.29, 1.82) is 0 Å². The monoisotopic (exact) mass is 298 g/mol. The van der Waals surface area contributed by atoms with E-state index in [1.54, 1.807) is 0 Å². The molecule has 1 unspecified atom stereocenters. The van der Waals surface area contributed by atoms with E-state index in [4.69, 9.17) is 4.74 Å². The van der Waals surface area contributed by atoms with E-state index in [9.17, 15) is 18.0 Å². The van der Waals surface area contributed by atoms with Crippen LogP contribution in [0.3, 0.4) is 0 Å². The lowest BCUT2D eigenvalue weighted by Gasteiger charge is -2.13. The van der Waals surface area contributed by atoms with Gasteiger partial charge in [0.05, 0.1) is 5.56 Å². The number of benzene rings is 1. The molecule has 0 spiro atoms. The number of esters is 1. The van der Waals surface area contributed by atoms with E-state index in [0.717, 1.165) is 25.0 Å². The second-order valence-corrected chi connectivity index (χ2v) is 4.53. The molecule has 1 aromatic rings. The van der Waals surface area contributed by atoms with Gasteiger partial charge in [0.2, 0.25) is 0 Å².